The third-order valence-electron chi connectivity index (χ3n) is 4.50. The van der Waals surface area contributed by atoms with E-state index >= 15 is 0 Å². The summed E-state index contributed by atoms with van der Waals surface area (Å²) in [5.41, 5.74) is 1.28. The lowest BCUT2D eigenvalue weighted by atomic mass is 10.1. The number of carboxylic acid groups (broad SMARTS) is 1. The van der Waals surface area contributed by atoms with E-state index in [0.29, 0.717) is 11.9 Å². The maximum Gasteiger partial charge on any atom is 0.341 e. The Labute approximate surface area is 134 Å². The second-order valence-electron chi connectivity index (χ2n) is 5.95. The molecule has 2 aromatic rings. The standard InChI is InChI=1S/C17H21N3O3/c1-3-19-11-14(17(22)23)16(21)13-5-4-12(10-15(13)19)20-8-6-18(2)7-9-20/h4-5,10-11H,3,6-9H2,1-2H3,(H,22,23). The van der Waals surface area contributed by atoms with E-state index in [-0.39, 0.29) is 5.56 Å². The number of benzene rings is 1. The lowest BCUT2D eigenvalue weighted by molar-refractivity contribution is 0.0695. The van der Waals surface area contributed by atoms with Gasteiger partial charge >= 0.3 is 5.97 Å². The first kappa shape index (κ1) is 15.6. The Morgan fingerprint density at radius 2 is 1.91 bits per heavy atom. The molecule has 1 N–H and O–H groups in total. The summed E-state index contributed by atoms with van der Waals surface area (Å²) >= 11 is 0. The molecule has 0 aliphatic carbocycles. The van der Waals surface area contributed by atoms with Crippen LogP contribution in [0.1, 0.15) is 17.3 Å². The molecule has 122 valence electrons. The minimum absolute atomic E-state index is 0.174. The Kier molecular flexibility index (Phi) is 4.09. The molecular weight excluding hydrogens is 294 g/mol. The van der Waals surface area contributed by atoms with Gasteiger partial charge in [0.25, 0.3) is 0 Å². The van der Waals surface area contributed by atoms with Gasteiger partial charge in [0.1, 0.15) is 5.56 Å². The molecule has 6 heteroatoms. The van der Waals surface area contributed by atoms with Gasteiger partial charge in [-0.05, 0) is 32.2 Å². The Hall–Kier alpha value is -2.34. The van der Waals surface area contributed by atoms with Gasteiger partial charge in [-0.2, -0.15) is 0 Å². The number of aromatic carboxylic acids is 1. The molecule has 1 aliphatic rings. The number of rotatable bonds is 3. The lowest BCUT2D eigenvalue weighted by Crippen LogP contribution is -2.44. The van der Waals surface area contributed by atoms with Crippen LogP contribution >= 0.6 is 0 Å². The number of nitrogens with zero attached hydrogens (tertiary/aromatic N) is 3. The zero-order valence-corrected chi connectivity index (χ0v) is 13.5. The molecule has 1 saturated heterocycles. The minimum Gasteiger partial charge on any atom is -0.477 e. The van der Waals surface area contributed by atoms with E-state index in [0.717, 1.165) is 37.4 Å². The van der Waals surface area contributed by atoms with E-state index in [1.54, 1.807) is 6.07 Å². The number of anilines is 1. The number of piperazine rings is 1. The zero-order valence-electron chi connectivity index (χ0n) is 13.5. The van der Waals surface area contributed by atoms with Crippen LogP contribution in [0.4, 0.5) is 5.69 Å². The molecule has 1 fully saturated rings. The Balaban J connectivity index is 2.11. The molecule has 1 aromatic carbocycles. The molecule has 1 aromatic heterocycles. The van der Waals surface area contributed by atoms with Gasteiger partial charge in [-0.15, -0.1) is 0 Å². The molecule has 1 aliphatic heterocycles. The van der Waals surface area contributed by atoms with Crippen LogP contribution in [0, 0.1) is 0 Å². The van der Waals surface area contributed by atoms with Crippen LogP contribution in [0.2, 0.25) is 0 Å². The van der Waals surface area contributed by atoms with Crippen LogP contribution in [-0.2, 0) is 6.54 Å². The fraction of sp³-hybridized carbons (Fsp3) is 0.412. The minimum atomic E-state index is -1.18. The molecular formula is C17H21N3O3. The van der Waals surface area contributed by atoms with Crippen molar-refractivity contribution in [1.82, 2.24) is 9.47 Å². The van der Waals surface area contributed by atoms with Crippen molar-refractivity contribution in [1.29, 1.82) is 0 Å². The molecule has 3 rings (SSSR count). The highest BCUT2D eigenvalue weighted by atomic mass is 16.4. The normalized spacial score (nSPS) is 16.0. The van der Waals surface area contributed by atoms with Crippen LogP contribution in [0.5, 0.6) is 0 Å². The third kappa shape index (κ3) is 2.82. The van der Waals surface area contributed by atoms with Crippen LogP contribution < -0.4 is 10.3 Å². The molecule has 0 spiro atoms. The summed E-state index contributed by atoms with van der Waals surface area (Å²) in [6.07, 6.45) is 1.45. The second-order valence-corrected chi connectivity index (χ2v) is 5.95. The first-order valence-corrected chi connectivity index (χ1v) is 7.85. The van der Waals surface area contributed by atoms with Gasteiger partial charge in [-0.25, -0.2) is 4.79 Å². The van der Waals surface area contributed by atoms with E-state index in [9.17, 15) is 14.7 Å². The number of hydrogen-bond donors (Lipinski definition) is 1. The molecule has 0 radical (unpaired) electrons. The average Bonchev–Trinajstić information content (AvgIpc) is 2.55. The van der Waals surface area contributed by atoms with Crippen molar-refractivity contribution in [3.63, 3.8) is 0 Å². The smallest absolute Gasteiger partial charge is 0.341 e. The van der Waals surface area contributed by atoms with Crippen LogP contribution in [0.15, 0.2) is 29.2 Å². The number of pyridine rings is 1. The molecule has 2 heterocycles. The lowest BCUT2D eigenvalue weighted by Gasteiger charge is -2.34. The molecule has 0 bridgehead atoms. The van der Waals surface area contributed by atoms with Crippen LogP contribution in [0.3, 0.4) is 0 Å². The van der Waals surface area contributed by atoms with Crippen molar-refractivity contribution in [2.45, 2.75) is 13.5 Å². The number of aromatic nitrogens is 1. The average molecular weight is 315 g/mol. The van der Waals surface area contributed by atoms with Crippen LogP contribution in [-0.4, -0.2) is 53.8 Å². The van der Waals surface area contributed by atoms with Gasteiger partial charge in [-0.3, -0.25) is 4.79 Å². The van der Waals surface area contributed by atoms with Crippen molar-refractivity contribution in [2.24, 2.45) is 0 Å². The van der Waals surface area contributed by atoms with Crippen molar-refractivity contribution in [3.8, 4) is 0 Å². The van der Waals surface area contributed by atoms with E-state index in [1.807, 2.05) is 23.6 Å². The van der Waals surface area contributed by atoms with Gasteiger partial charge in [0.05, 0.1) is 5.52 Å². The number of aryl methyl sites for hydroxylation is 1. The quantitative estimate of drug-likeness (QED) is 0.929. The molecule has 6 nitrogen and oxygen atoms in total. The Morgan fingerprint density at radius 1 is 1.22 bits per heavy atom. The number of carboxylic acids is 1. The molecule has 0 amide bonds. The highest BCUT2D eigenvalue weighted by molar-refractivity contribution is 5.93. The predicted octanol–water partition coefficient (Wildman–Crippen LogP) is 1.47. The van der Waals surface area contributed by atoms with Crippen molar-refractivity contribution < 1.29 is 9.90 Å². The molecule has 23 heavy (non-hydrogen) atoms. The van der Waals surface area contributed by atoms with E-state index in [4.69, 9.17) is 0 Å². The van der Waals surface area contributed by atoms with Crippen molar-refractivity contribution in [3.05, 3.63) is 40.2 Å². The van der Waals surface area contributed by atoms with Gasteiger partial charge in [0.2, 0.25) is 5.43 Å². The maximum atomic E-state index is 12.4. The number of fused-ring (bicyclic) bond motifs is 1. The fourth-order valence-electron chi connectivity index (χ4n) is 3.05. The number of carbonyl (C=O) groups is 1. The zero-order chi connectivity index (χ0) is 16.6. The largest absolute Gasteiger partial charge is 0.477 e. The van der Waals surface area contributed by atoms with E-state index < -0.39 is 11.4 Å². The predicted molar refractivity (Wildman–Crippen MR) is 90.6 cm³/mol. The highest BCUT2D eigenvalue weighted by Gasteiger charge is 2.17. The summed E-state index contributed by atoms with van der Waals surface area (Å²) in [5.74, 6) is -1.18. The summed E-state index contributed by atoms with van der Waals surface area (Å²) in [5, 5.41) is 9.66. The first-order chi connectivity index (χ1) is 11.0. The molecule has 0 atom stereocenters. The fourth-order valence-corrected chi connectivity index (χ4v) is 3.05. The Morgan fingerprint density at radius 3 is 2.52 bits per heavy atom. The molecule has 0 saturated carbocycles. The first-order valence-electron chi connectivity index (χ1n) is 7.85. The molecule has 0 unspecified atom stereocenters. The maximum absolute atomic E-state index is 12.4. The summed E-state index contributed by atoms with van der Waals surface area (Å²) < 4.78 is 1.83. The summed E-state index contributed by atoms with van der Waals surface area (Å²) in [6.45, 7) is 6.48. The summed E-state index contributed by atoms with van der Waals surface area (Å²) in [4.78, 5) is 28.2. The monoisotopic (exact) mass is 315 g/mol. The highest BCUT2D eigenvalue weighted by Crippen LogP contribution is 2.22. The summed E-state index contributed by atoms with van der Waals surface area (Å²) in [7, 11) is 2.11. The van der Waals surface area contributed by atoms with E-state index in [1.165, 1.54) is 6.20 Å². The van der Waals surface area contributed by atoms with Crippen LogP contribution in [0.25, 0.3) is 10.9 Å². The van der Waals surface area contributed by atoms with Gasteiger partial charge in [-0.1, -0.05) is 0 Å². The summed E-state index contributed by atoms with van der Waals surface area (Å²) in [6, 6.07) is 5.67. The number of hydrogen-bond acceptors (Lipinski definition) is 4. The van der Waals surface area contributed by atoms with Gasteiger partial charge in [0, 0.05) is 50.0 Å². The van der Waals surface area contributed by atoms with Gasteiger partial charge < -0.3 is 19.5 Å². The van der Waals surface area contributed by atoms with Crippen molar-refractivity contribution >= 4 is 22.6 Å². The SMILES string of the molecule is CCn1cc(C(=O)O)c(=O)c2ccc(N3CCN(C)CC3)cc21. The number of likely N-dealkylation sites (N-methyl/N-ethyl adjacent to an activating group) is 1. The second kappa shape index (κ2) is 6.04. The van der Waals surface area contributed by atoms with Gasteiger partial charge in [0.15, 0.2) is 0 Å². The van der Waals surface area contributed by atoms with Crippen molar-refractivity contribution in [2.75, 3.05) is 38.1 Å². The third-order valence-corrected chi connectivity index (χ3v) is 4.50. The Bertz CT molecular complexity index is 805. The topological polar surface area (TPSA) is 65.8 Å². The van der Waals surface area contributed by atoms with E-state index in [2.05, 4.69) is 16.8 Å².